The molecule has 0 saturated heterocycles. The standard InChI is InChI=1S/C14H22N4O/c1-16-10-5-7-11(8-6-10)18(2)14-12(13(15)19)4-3-9-17-14/h3-4,9-11,16H,5-8H2,1-2H3,(H2,15,19). The van der Waals surface area contributed by atoms with Gasteiger partial charge < -0.3 is 16.0 Å². The van der Waals surface area contributed by atoms with Crippen molar-refractivity contribution in [3.63, 3.8) is 0 Å². The van der Waals surface area contributed by atoms with Crippen LogP contribution < -0.4 is 16.0 Å². The number of nitrogens with zero attached hydrogens (tertiary/aromatic N) is 2. The van der Waals surface area contributed by atoms with Crippen molar-refractivity contribution in [3.05, 3.63) is 23.9 Å². The molecule has 19 heavy (non-hydrogen) atoms. The van der Waals surface area contributed by atoms with Crippen molar-refractivity contribution in [2.24, 2.45) is 5.73 Å². The summed E-state index contributed by atoms with van der Waals surface area (Å²) < 4.78 is 0. The minimum absolute atomic E-state index is 0.418. The quantitative estimate of drug-likeness (QED) is 0.854. The molecular weight excluding hydrogens is 240 g/mol. The molecule has 0 unspecified atom stereocenters. The predicted molar refractivity (Wildman–Crippen MR) is 76.3 cm³/mol. The highest BCUT2D eigenvalue weighted by Crippen LogP contribution is 2.26. The van der Waals surface area contributed by atoms with Crippen molar-refractivity contribution in [3.8, 4) is 0 Å². The maximum Gasteiger partial charge on any atom is 0.252 e. The van der Waals surface area contributed by atoms with Gasteiger partial charge in [0.05, 0.1) is 5.56 Å². The van der Waals surface area contributed by atoms with E-state index in [9.17, 15) is 4.79 Å². The fourth-order valence-corrected chi connectivity index (χ4v) is 2.80. The van der Waals surface area contributed by atoms with Crippen molar-refractivity contribution >= 4 is 11.7 Å². The zero-order chi connectivity index (χ0) is 13.8. The van der Waals surface area contributed by atoms with Crippen LogP contribution in [-0.4, -0.2) is 37.1 Å². The number of nitrogens with one attached hydrogen (secondary N) is 1. The Morgan fingerprint density at radius 2 is 2.11 bits per heavy atom. The second-order valence-corrected chi connectivity index (χ2v) is 5.14. The average Bonchev–Trinajstić information content (AvgIpc) is 2.46. The van der Waals surface area contributed by atoms with Crippen LogP contribution in [-0.2, 0) is 0 Å². The van der Waals surface area contributed by atoms with E-state index < -0.39 is 5.91 Å². The van der Waals surface area contributed by atoms with Crippen molar-refractivity contribution in [2.45, 2.75) is 37.8 Å². The Morgan fingerprint density at radius 1 is 1.42 bits per heavy atom. The second kappa shape index (κ2) is 6.02. The zero-order valence-electron chi connectivity index (χ0n) is 11.6. The monoisotopic (exact) mass is 262 g/mol. The molecule has 2 rings (SSSR count). The number of carbonyl (C=O) groups is 1. The summed E-state index contributed by atoms with van der Waals surface area (Å²) in [5.74, 6) is 0.279. The summed E-state index contributed by atoms with van der Waals surface area (Å²) in [7, 11) is 4.01. The molecule has 1 aliphatic carbocycles. The molecule has 0 aliphatic heterocycles. The smallest absolute Gasteiger partial charge is 0.252 e. The van der Waals surface area contributed by atoms with Crippen molar-refractivity contribution < 1.29 is 4.79 Å². The number of primary amides is 1. The molecule has 1 fully saturated rings. The highest BCUT2D eigenvalue weighted by molar-refractivity contribution is 5.97. The third kappa shape index (κ3) is 3.04. The van der Waals surface area contributed by atoms with E-state index in [0.29, 0.717) is 23.5 Å². The first-order valence-electron chi connectivity index (χ1n) is 6.78. The molecule has 0 bridgehead atoms. The molecule has 1 aliphatic rings. The normalized spacial score (nSPS) is 23.1. The molecule has 3 N–H and O–H groups in total. The molecule has 0 radical (unpaired) electrons. The van der Waals surface area contributed by atoms with E-state index in [2.05, 4.69) is 15.2 Å². The van der Waals surface area contributed by atoms with Crippen LogP contribution in [0.5, 0.6) is 0 Å². The molecular formula is C14H22N4O. The van der Waals surface area contributed by atoms with Crippen molar-refractivity contribution in [1.82, 2.24) is 10.3 Å². The molecule has 104 valence electrons. The topological polar surface area (TPSA) is 71.2 Å². The van der Waals surface area contributed by atoms with E-state index in [1.165, 1.54) is 0 Å². The molecule has 5 heteroatoms. The van der Waals surface area contributed by atoms with Gasteiger partial charge in [0.1, 0.15) is 5.82 Å². The molecule has 1 amide bonds. The van der Waals surface area contributed by atoms with Crippen LogP contribution in [0.2, 0.25) is 0 Å². The van der Waals surface area contributed by atoms with Gasteiger partial charge in [-0.3, -0.25) is 4.79 Å². The Kier molecular flexibility index (Phi) is 4.37. The van der Waals surface area contributed by atoms with Crippen LogP contribution >= 0.6 is 0 Å². The maximum atomic E-state index is 11.5. The molecule has 0 atom stereocenters. The van der Waals surface area contributed by atoms with Crippen LogP contribution in [0.1, 0.15) is 36.0 Å². The largest absolute Gasteiger partial charge is 0.365 e. The lowest BCUT2D eigenvalue weighted by Gasteiger charge is -2.35. The molecule has 0 spiro atoms. The summed E-state index contributed by atoms with van der Waals surface area (Å²) in [6.45, 7) is 0. The van der Waals surface area contributed by atoms with Crippen LogP contribution in [0.25, 0.3) is 0 Å². The van der Waals surface area contributed by atoms with Gasteiger partial charge in [-0.2, -0.15) is 0 Å². The number of hydrogen-bond donors (Lipinski definition) is 2. The Balaban J connectivity index is 2.12. The van der Waals surface area contributed by atoms with Crippen molar-refractivity contribution in [2.75, 3.05) is 19.0 Å². The van der Waals surface area contributed by atoms with Crippen LogP contribution in [0.4, 0.5) is 5.82 Å². The number of rotatable bonds is 4. The first kappa shape index (κ1) is 13.8. The minimum Gasteiger partial charge on any atom is -0.365 e. The highest BCUT2D eigenvalue weighted by atomic mass is 16.1. The number of anilines is 1. The fourth-order valence-electron chi connectivity index (χ4n) is 2.80. The van der Waals surface area contributed by atoms with Crippen LogP contribution in [0.15, 0.2) is 18.3 Å². The van der Waals surface area contributed by atoms with E-state index in [-0.39, 0.29) is 0 Å². The van der Waals surface area contributed by atoms with Gasteiger partial charge in [0.15, 0.2) is 0 Å². The van der Waals surface area contributed by atoms with E-state index in [1.807, 2.05) is 14.1 Å². The highest BCUT2D eigenvalue weighted by Gasteiger charge is 2.25. The van der Waals surface area contributed by atoms with Crippen LogP contribution in [0, 0.1) is 0 Å². The Morgan fingerprint density at radius 3 is 2.68 bits per heavy atom. The number of carbonyl (C=O) groups excluding carboxylic acids is 1. The molecule has 1 heterocycles. The van der Waals surface area contributed by atoms with E-state index >= 15 is 0 Å². The minimum atomic E-state index is -0.418. The summed E-state index contributed by atoms with van der Waals surface area (Å²) in [6.07, 6.45) is 6.24. The molecule has 1 aromatic heterocycles. The third-order valence-electron chi connectivity index (χ3n) is 4.04. The van der Waals surface area contributed by atoms with Gasteiger partial charge in [0, 0.05) is 25.3 Å². The Labute approximate surface area is 114 Å². The third-order valence-corrected chi connectivity index (χ3v) is 4.04. The second-order valence-electron chi connectivity index (χ2n) is 5.14. The van der Waals surface area contributed by atoms with Gasteiger partial charge >= 0.3 is 0 Å². The molecule has 1 saturated carbocycles. The molecule has 0 aromatic carbocycles. The Hall–Kier alpha value is -1.62. The molecule has 1 aromatic rings. The van der Waals surface area contributed by atoms with Gasteiger partial charge in [-0.1, -0.05) is 0 Å². The summed E-state index contributed by atoms with van der Waals surface area (Å²) in [6, 6.07) is 4.53. The summed E-state index contributed by atoms with van der Waals surface area (Å²) in [5.41, 5.74) is 5.91. The van der Waals surface area contributed by atoms with E-state index in [0.717, 1.165) is 25.7 Å². The first-order valence-corrected chi connectivity index (χ1v) is 6.78. The predicted octanol–water partition coefficient (Wildman–Crippen LogP) is 1.15. The van der Waals surface area contributed by atoms with Gasteiger partial charge in [-0.05, 0) is 44.9 Å². The number of hydrogen-bond acceptors (Lipinski definition) is 4. The number of amides is 1. The van der Waals surface area contributed by atoms with Gasteiger partial charge in [-0.25, -0.2) is 4.98 Å². The summed E-state index contributed by atoms with van der Waals surface area (Å²) >= 11 is 0. The number of pyridine rings is 1. The number of nitrogens with two attached hydrogens (primary N) is 1. The van der Waals surface area contributed by atoms with E-state index in [1.54, 1.807) is 18.3 Å². The van der Waals surface area contributed by atoms with Gasteiger partial charge in [0.2, 0.25) is 0 Å². The SMILES string of the molecule is CNC1CCC(N(C)c2ncccc2C(N)=O)CC1. The van der Waals surface area contributed by atoms with Crippen molar-refractivity contribution in [1.29, 1.82) is 0 Å². The fraction of sp³-hybridized carbons (Fsp3) is 0.571. The lowest BCUT2D eigenvalue weighted by Crippen LogP contribution is -2.40. The maximum absolute atomic E-state index is 11.5. The first-order chi connectivity index (χ1) is 9.13. The number of aromatic nitrogens is 1. The molecule has 5 nitrogen and oxygen atoms in total. The van der Waals surface area contributed by atoms with E-state index in [4.69, 9.17) is 5.73 Å². The van der Waals surface area contributed by atoms with Gasteiger partial charge in [0.25, 0.3) is 5.91 Å². The lowest BCUT2D eigenvalue weighted by atomic mass is 9.90. The lowest BCUT2D eigenvalue weighted by molar-refractivity contribution is 0.100. The Bertz CT molecular complexity index is 441. The summed E-state index contributed by atoms with van der Waals surface area (Å²) in [5, 5.41) is 3.32. The average molecular weight is 262 g/mol. The van der Waals surface area contributed by atoms with Gasteiger partial charge in [-0.15, -0.1) is 0 Å². The van der Waals surface area contributed by atoms with Crippen LogP contribution in [0.3, 0.4) is 0 Å². The summed E-state index contributed by atoms with van der Waals surface area (Å²) in [4.78, 5) is 17.9. The zero-order valence-corrected chi connectivity index (χ0v) is 11.6.